The maximum absolute atomic E-state index is 11.6. The van der Waals surface area contributed by atoms with Gasteiger partial charge < -0.3 is 9.64 Å². The summed E-state index contributed by atoms with van der Waals surface area (Å²) in [6.45, 7) is 7.72. The third kappa shape index (κ3) is 4.98. The lowest BCUT2D eigenvalue weighted by Gasteiger charge is -2.44. The van der Waals surface area contributed by atoms with Crippen LogP contribution in [0.5, 0.6) is 0 Å². The number of ether oxygens (including phenoxy) is 1. The fourth-order valence-electron chi connectivity index (χ4n) is 4.58. The van der Waals surface area contributed by atoms with Crippen LogP contribution in [0.25, 0.3) is 0 Å². The van der Waals surface area contributed by atoms with E-state index in [1.807, 2.05) is 12.1 Å². The zero-order chi connectivity index (χ0) is 20.1. The highest BCUT2D eigenvalue weighted by atomic mass is 16.5. The van der Waals surface area contributed by atoms with E-state index in [2.05, 4.69) is 57.2 Å². The van der Waals surface area contributed by atoms with E-state index in [0.29, 0.717) is 11.6 Å². The molecule has 0 spiro atoms. The Morgan fingerprint density at radius 1 is 0.966 bits per heavy atom. The SMILES string of the molecule is COC(=O)c1ccc(CN2CCCC(N3CCN(c4ccccc4)CC3)C2)cc1. The van der Waals surface area contributed by atoms with E-state index in [-0.39, 0.29) is 5.97 Å². The van der Waals surface area contributed by atoms with Gasteiger partial charge >= 0.3 is 5.97 Å². The fourth-order valence-corrected chi connectivity index (χ4v) is 4.58. The minimum Gasteiger partial charge on any atom is -0.465 e. The quantitative estimate of drug-likeness (QED) is 0.729. The minimum atomic E-state index is -0.274. The van der Waals surface area contributed by atoms with Gasteiger partial charge in [-0.1, -0.05) is 30.3 Å². The zero-order valence-electron chi connectivity index (χ0n) is 17.3. The average Bonchev–Trinajstić information content (AvgIpc) is 2.80. The third-order valence-electron chi connectivity index (χ3n) is 6.21. The lowest BCUT2D eigenvalue weighted by atomic mass is 10.0. The maximum Gasteiger partial charge on any atom is 0.337 e. The van der Waals surface area contributed by atoms with Gasteiger partial charge in [0.2, 0.25) is 0 Å². The van der Waals surface area contributed by atoms with E-state index >= 15 is 0 Å². The van der Waals surface area contributed by atoms with Crippen molar-refractivity contribution in [2.24, 2.45) is 0 Å². The average molecular weight is 394 g/mol. The Labute approximate surface area is 173 Å². The highest BCUT2D eigenvalue weighted by molar-refractivity contribution is 5.89. The number of hydrogen-bond donors (Lipinski definition) is 0. The van der Waals surface area contributed by atoms with Crippen LogP contribution >= 0.6 is 0 Å². The Balaban J connectivity index is 1.29. The topological polar surface area (TPSA) is 36.0 Å². The van der Waals surface area contributed by atoms with Crippen molar-refractivity contribution in [2.45, 2.75) is 25.4 Å². The number of piperazine rings is 1. The Bertz CT molecular complexity index is 786. The Morgan fingerprint density at radius 3 is 2.38 bits per heavy atom. The molecule has 2 aliphatic rings. The summed E-state index contributed by atoms with van der Waals surface area (Å²) in [5, 5.41) is 0. The van der Waals surface area contributed by atoms with Crippen molar-refractivity contribution in [1.29, 1.82) is 0 Å². The van der Waals surface area contributed by atoms with Crippen molar-refractivity contribution in [3.63, 3.8) is 0 Å². The van der Waals surface area contributed by atoms with Gasteiger partial charge in [-0.25, -0.2) is 4.79 Å². The van der Waals surface area contributed by atoms with Gasteiger partial charge in [-0.3, -0.25) is 9.80 Å². The predicted octanol–water partition coefficient (Wildman–Crippen LogP) is 3.26. The monoisotopic (exact) mass is 393 g/mol. The van der Waals surface area contributed by atoms with Crippen LogP contribution in [-0.4, -0.2) is 68.2 Å². The van der Waals surface area contributed by atoms with Gasteiger partial charge in [0.25, 0.3) is 0 Å². The molecule has 4 rings (SSSR count). The first-order valence-electron chi connectivity index (χ1n) is 10.7. The number of esters is 1. The highest BCUT2D eigenvalue weighted by Crippen LogP contribution is 2.22. The first kappa shape index (κ1) is 19.9. The molecular weight excluding hydrogens is 362 g/mol. The first-order chi connectivity index (χ1) is 14.2. The molecule has 29 heavy (non-hydrogen) atoms. The van der Waals surface area contributed by atoms with Crippen LogP contribution in [0.1, 0.15) is 28.8 Å². The third-order valence-corrected chi connectivity index (χ3v) is 6.21. The molecule has 2 aromatic rings. The molecule has 1 atom stereocenters. The molecule has 2 saturated heterocycles. The number of carbonyl (C=O) groups is 1. The van der Waals surface area contributed by atoms with Crippen LogP contribution in [-0.2, 0) is 11.3 Å². The zero-order valence-corrected chi connectivity index (χ0v) is 17.3. The van der Waals surface area contributed by atoms with Crippen LogP contribution in [0.2, 0.25) is 0 Å². The smallest absolute Gasteiger partial charge is 0.337 e. The number of hydrogen-bond acceptors (Lipinski definition) is 5. The molecule has 0 aromatic heterocycles. The number of piperidine rings is 1. The summed E-state index contributed by atoms with van der Waals surface area (Å²) in [7, 11) is 1.42. The van der Waals surface area contributed by atoms with E-state index in [1.54, 1.807) is 0 Å². The second kappa shape index (κ2) is 9.42. The Kier molecular flexibility index (Phi) is 6.47. The lowest BCUT2D eigenvalue weighted by molar-refractivity contribution is 0.0600. The van der Waals surface area contributed by atoms with E-state index in [4.69, 9.17) is 4.74 Å². The number of likely N-dealkylation sites (tertiary alicyclic amines) is 1. The molecule has 1 unspecified atom stereocenters. The minimum absolute atomic E-state index is 0.274. The van der Waals surface area contributed by atoms with E-state index < -0.39 is 0 Å². The molecule has 0 aliphatic carbocycles. The number of rotatable bonds is 5. The largest absolute Gasteiger partial charge is 0.465 e. The maximum atomic E-state index is 11.6. The van der Waals surface area contributed by atoms with Crippen LogP contribution in [0.3, 0.4) is 0 Å². The molecule has 2 fully saturated rings. The molecule has 2 heterocycles. The van der Waals surface area contributed by atoms with Crippen LogP contribution in [0, 0.1) is 0 Å². The van der Waals surface area contributed by atoms with Gasteiger partial charge in [-0.15, -0.1) is 0 Å². The van der Waals surface area contributed by atoms with Crippen LogP contribution in [0.15, 0.2) is 54.6 Å². The van der Waals surface area contributed by atoms with Crippen molar-refractivity contribution < 1.29 is 9.53 Å². The summed E-state index contributed by atoms with van der Waals surface area (Å²) in [4.78, 5) is 19.4. The number of methoxy groups -OCH3 is 1. The normalized spacial score (nSPS) is 21.1. The lowest BCUT2D eigenvalue weighted by Crippen LogP contribution is -2.55. The van der Waals surface area contributed by atoms with Crippen molar-refractivity contribution >= 4 is 11.7 Å². The summed E-state index contributed by atoms with van der Waals surface area (Å²) in [6, 6.07) is 19.2. The number of nitrogens with zero attached hydrogens (tertiary/aromatic N) is 3. The number of carbonyl (C=O) groups excluding carboxylic acids is 1. The Morgan fingerprint density at radius 2 is 1.69 bits per heavy atom. The first-order valence-corrected chi connectivity index (χ1v) is 10.7. The number of benzene rings is 2. The second-order valence-electron chi connectivity index (χ2n) is 8.08. The molecule has 0 amide bonds. The summed E-state index contributed by atoms with van der Waals surface area (Å²) in [6.07, 6.45) is 2.55. The van der Waals surface area contributed by atoms with E-state index in [0.717, 1.165) is 45.8 Å². The molecule has 0 N–H and O–H groups in total. The highest BCUT2D eigenvalue weighted by Gasteiger charge is 2.28. The van der Waals surface area contributed by atoms with Crippen molar-refractivity contribution in [2.75, 3.05) is 51.3 Å². The molecule has 2 aliphatic heterocycles. The molecule has 2 aromatic carbocycles. The van der Waals surface area contributed by atoms with Crippen LogP contribution in [0.4, 0.5) is 5.69 Å². The Hall–Kier alpha value is -2.37. The molecule has 0 bridgehead atoms. The van der Waals surface area contributed by atoms with Gasteiger partial charge in [-0.05, 0) is 49.2 Å². The molecule has 5 heteroatoms. The van der Waals surface area contributed by atoms with Crippen LogP contribution < -0.4 is 4.90 Å². The van der Waals surface area contributed by atoms with Gasteiger partial charge in [0.15, 0.2) is 0 Å². The number of anilines is 1. The van der Waals surface area contributed by atoms with Crippen molar-refractivity contribution in [3.05, 3.63) is 65.7 Å². The predicted molar refractivity (Wildman–Crippen MR) is 116 cm³/mol. The standard InChI is InChI=1S/C24H31N3O2/c1-29-24(28)21-11-9-20(10-12-21)18-25-13-5-8-23(19-25)27-16-14-26(15-17-27)22-6-3-2-4-7-22/h2-4,6-7,9-12,23H,5,8,13-19H2,1H3. The van der Waals surface area contributed by atoms with E-state index in [9.17, 15) is 4.79 Å². The summed E-state index contributed by atoms with van der Waals surface area (Å²) in [5.74, 6) is -0.274. The van der Waals surface area contributed by atoms with Gasteiger partial charge in [0.1, 0.15) is 0 Å². The fraction of sp³-hybridized carbons (Fsp3) is 0.458. The summed E-state index contributed by atoms with van der Waals surface area (Å²) in [5.41, 5.74) is 3.21. The summed E-state index contributed by atoms with van der Waals surface area (Å²) < 4.78 is 4.78. The molecule has 154 valence electrons. The molecule has 0 saturated carbocycles. The second-order valence-corrected chi connectivity index (χ2v) is 8.08. The van der Waals surface area contributed by atoms with Crippen molar-refractivity contribution in [1.82, 2.24) is 9.80 Å². The summed E-state index contributed by atoms with van der Waals surface area (Å²) >= 11 is 0. The molecular formula is C24H31N3O2. The van der Waals surface area contributed by atoms with Gasteiger partial charge in [0.05, 0.1) is 12.7 Å². The van der Waals surface area contributed by atoms with Gasteiger partial charge in [0, 0.05) is 51.0 Å². The number of para-hydroxylation sites is 1. The van der Waals surface area contributed by atoms with Crippen molar-refractivity contribution in [3.8, 4) is 0 Å². The molecule has 5 nitrogen and oxygen atoms in total. The van der Waals surface area contributed by atoms with Gasteiger partial charge in [-0.2, -0.15) is 0 Å². The molecule has 0 radical (unpaired) electrons. The van der Waals surface area contributed by atoms with E-state index in [1.165, 1.54) is 31.2 Å².